The Bertz CT molecular complexity index is 1400. The van der Waals surface area contributed by atoms with E-state index >= 15 is 0 Å². The number of fused-ring (bicyclic) bond motifs is 1. The smallest absolute Gasteiger partial charge is 0.265 e. The van der Waals surface area contributed by atoms with Crippen molar-refractivity contribution in [2.24, 2.45) is 0 Å². The Morgan fingerprint density at radius 1 is 1.03 bits per heavy atom. The Morgan fingerprint density at radius 2 is 1.78 bits per heavy atom. The zero-order valence-electron chi connectivity index (χ0n) is 17.5. The van der Waals surface area contributed by atoms with Crippen LogP contribution < -0.4 is 9.62 Å². The van der Waals surface area contributed by atoms with Crippen molar-refractivity contribution in [1.29, 1.82) is 0 Å². The summed E-state index contributed by atoms with van der Waals surface area (Å²) in [5.41, 5.74) is 3.16. The van der Waals surface area contributed by atoms with Gasteiger partial charge >= 0.3 is 0 Å². The minimum Gasteiger partial charge on any atom is -0.321 e. The number of amides is 1. The minimum absolute atomic E-state index is 0.187. The summed E-state index contributed by atoms with van der Waals surface area (Å²) in [6.07, 6.45) is 1.18. The third-order valence-corrected chi connectivity index (χ3v) is 7.43. The molecule has 4 aromatic rings. The van der Waals surface area contributed by atoms with Crippen molar-refractivity contribution >= 4 is 60.3 Å². The van der Waals surface area contributed by atoms with E-state index in [-0.39, 0.29) is 12.5 Å². The average Bonchev–Trinajstić information content (AvgIpc) is 3.16. The Labute approximate surface area is 196 Å². The molecule has 4 rings (SSSR count). The van der Waals surface area contributed by atoms with Crippen LogP contribution in [-0.4, -0.2) is 20.6 Å². The summed E-state index contributed by atoms with van der Waals surface area (Å²) < 4.78 is 27.3. The number of thiophene rings is 1. The third kappa shape index (κ3) is 5.12. The number of aryl methyl sites for hydroxylation is 1. The molecule has 0 radical (unpaired) electrons. The number of sulfonamides is 1. The monoisotopic (exact) mass is 484 g/mol. The maximum atomic E-state index is 12.7. The number of benzene rings is 3. The Hall–Kier alpha value is -2.87. The lowest BCUT2D eigenvalue weighted by atomic mass is 10.2. The van der Waals surface area contributed by atoms with E-state index in [1.54, 1.807) is 42.5 Å². The molecule has 0 bridgehead atoms. The van der Waals surface area contributed by atoms with Crippen molar-refractivity contribution in [3.63, 3.8) is 0 Å². The van der Waals surface area contributed by atoms with Crippen LogP contribution in [0.15, 0.2) is 72.8 Å². The lowest BCUT2D eigenvalue weighted by Gasteiger charge is -2.22. The van der Waals surface area contributed by atoms with Gasteiger partial charge in [0.15, 0.2) is 0 Å². The van der Waals surface area contributed by atoms with E-state index < -0.39 is 10.0 Å². The summed E-state index contributed by atoms with van der Waals surface area (Å²) in [5, 5.41) is 4.32. The lowest BCUT2D eigenvalue weighted by Crippen LogP contribution is -2.29. The standard InChI is InChI=1S/C24H21ClN2O3S2/c1-16-4-3-5-20(12-16)26-24(28)23-14-18-13-21(10-11-22(18)31-23)27(32(2,29)30)15-17-6-8-19(25)9-7-17/h3-14H,15H2,1-2H3,(H,26,28). The molecule has 0 fully saturated rings. The highest BCUT2D eigenvalue weighted by Crippen LogP contribution is 2.31. The predicted octanol–water partition coefficient (Wildman–Crippen LogP) is 6.08. The summed E-state index contributed by atoms with van der Waals surface area (Å²) >= 11 is 7.31. The predicted molar refractivity (Wildman–Crippen MR) is 133 cm³/mol. The molecule has 1 amide bonds. The van der Waals surface area contributed by atoms with Gasteiger partial charge in [-0.05, 0) is 72.0 Å². The van der Waals surface area contributed by atoms with Crippen LogP contribution in [0.4, 0.5) is 11.4 Å². The van der Waals surface area contributed by atoms with Crippen molar-refractivity contribution < 1.29 is 13.2 Å². The fraction of sp³-hybridized carbons (Fsp3) is 0.125. The first-order valence-electron chi connectivity index (χ1n) is 9.83. The highest BCUT2D eigenvalue weighted by atomic mass is 35.5. The number of carbonyl (C=O) groups is 1. The first-order valence-corrected chi connectivity index (χ1v) is 12.9. The van der Waals surface area contributed by atoms with Gasteiger partial charge in [-0.2, -0.15) is 0 Å². The van der Waals surface area contributed by atoms with Crippen molar-refractivity contribution in [1.82, 2.24) is 0 Å². The summed E-state index contributed by atoms with van der Waals surface area (Å²) in [5.74, 6) is -0.195. The second kappa shape index (κ2) is 8.94. The van der Waals surface area contributed by atoms with E-state index in [1.807, 2.05) is 37.3 Å². The number of carbonyl (C=O) groups excluding carboxylic acids is 1. The van der Waals surface area contributed by atoms with Crippen molar-refractivity contribution in [2.75, 3.05) is 15.9 Å². The number of hydrogen-bond donors (Lipinski definition) is 1. The molecule has 1 N–H and O–H groups in total. The van der Waals surface area contributed by atoms with Gasteiger partial charge in [0.05, 0.1) is 23.4 Å². The highest BCUT2D eigenvalue weighted by molar-refractivity contribution is 7.92. The fourth-order valence-electron chi connectivity index (χ4n) is 3.37. The average molecular weight is 485 g/mol. The molecule has 0 spiro atoms. The molecule has 0 atom stereocenters. The SMILES string of the molecule is Cc1cccc(NC(=O)c2cc3cc(N(Cc4ccc(Cl)cc4)S(C)(=O)=O)ccc3s2)c1. The molecule has 0 saturated carbocycles. The van der Waals surface area contributed by atoms with Crippen molar-refractivity contribution in [2.45, 2.75) is 13.5 Å². The fourth-order valence-corrected chi connectivity index (χ4v) is 5.31. The number of nitrogens with zero attached hydrogens (tertiary/aromatic N) is 1. The molecular weight excluding hydrogens is 464 g/mol. The van der Waals surface area contributed by atoms with Crippen molar-refractivity contribution in [3.05, 3.63) is 93.8 Å². The number of rotatable bonds is 6. The maximum absolute atomic E-state index is 12.7. The van der Waals surface area contributed by atoms with E-state index in [9.17, 15) is 13.2 Å². The maximum Gasteiger partial charge on any atom is 0.265 e. The molecule has 164 valence electrons. The Kier molecular flexibility index (Phi) is 6.24. The van der Waals surface area contributed by atoms with Gasteiger partial charge in [0, 0.05) is 15.4 Å². The van der Waals surface area contributed by atoms with Crippen LogP contribution in [0.25, 0.3) is 10.1 Å². The third-order valence-electron chi connectivity index (χ3n) is 4.93. The van der Waals surface area contributed by atoms with Crippen LogP contribution in [0.1, 0.15) is 20.8 Å². The summed E-state index contributed by atoms with van der Waals surface area (Å²) in [6.45, 7) is 2.15. The first kappa shape index (κ1) is 22.3. The van der Waals surface area contributed by atoms with Gasteiger partial charge in [-0.3, -0.25) is 9.10 Å². The molecular formula is C24H21ClN2O3S2. The first-order chi connectivity index (χ1) is 15.2. The highest BCUT2D eigenvalue weighted by Gasteiger charge is 2.19. The quantitative estimate of drug-likeness (QED) is 0.360. The molecule has 8 heteroatoms. The van der Waals surface area contributed by atoms with E-state index in [2.05, 4.69) is 5.32 Å². The molecule has 0 aliphatic rings. The van der Waals surface area contributed by atoms with E-state index in [0.717, 1.165) is 26.9 Å². The Balaban J connectivity index is 1.63. The molecule has 0 aliphatic heterocycles. The zero-order valence-corrected chi connectivity index (χ0v) is 19.9. The Morgan fingerprint density at radius 3 is 2.47 bits per heavy atom. The van der Waals surface area contributed by atoms with Gasteiger partial charge in [0.2, 0.25) is 10.0 Å². The van der Waals surface area contributed by atoms with E-state index in [1.165, 1.54) is 21.9 Å². The number of hydrogen-bond acceptors (Lipinski definition) is 4. The number of halogens is 1. The van der Waals surface area contributed by atoms with Crippen LogP contribution in [0.5, 0.6) is 0 Å². The number of nitrogens with one attached hydrogen (secondary N) is 1. The van der Waals surface area contributed by atoms with Crippen LogP contribution in [0.2, 0.25) is 5.02 Å². The minimum atomic E-state index is -3.52. The summed E-state index contributed by atoms with van der Waals surface area (Å²) in [7, 11) is -3.52. The van der Waals surface area contributed by atoms with Gasteiger partial charge in [0.1, 0.15) is 0 Å². The molecule has 0 saturated heterocycles. The second-order valence-corrected chi connectivity index (χ2v) is 11.0. The molecule has 1 aromatic heterocycles. The van der Waals surface area contributed by atoms with Gasteiger partial charge in [-0.1, -0.05) is 35.9 Å². The van der Waals surface area contributed by atoms with Gasteiger partial charge in [-0.15, -0.1) is 11.3 Å². The molecule has 1 heterocycles. The topological polar surface area (TPSA) is 66.5 Å². The van der Waals surface area contributed by atoms with Gasteiger partial charge < -0.3 is 5.32 Å². The molecule has 0 aliphatic carbocycles. The molecule has 3 aromatic carbocycles. The molecule has 0 unspecified atom stereocenters. The lowest BCUT2D eigenvalue weighted by molar-refractivity contribution is 0.103. The second-order valence-electron chi connectivity index (χ2n) is 7.55. The van der Waals surface area contributed by atoms with Crippen LogP contribution in [0, 0.1) is 6.92 Å². The molecule has 32 heavy (non-hydrogen) atoms. The molecule has 5 nitrogen and oxygen atoms in total. The van der Waals surface area contributed by atoms with E-state index in [0.29, 0.717) is 15.6 Å². The summed E-state index contributed by atoms with van der Waals surface area (Å²) in [4.78, 5) is 13.3. The zero-order chi connectivity index (χ0) is 22.9. The number of anilines is 2. The largest absolute Gasteiger partial charge is 0.321 e. The van der Waals surface area contributed by atoms with Gasteiger partial charge in [0.25, 0.3) is 5.91 Å². The van der Waals surface area contributed by atoms with Crippen LogP contribution >= 0.6 is 22.9 Å². The van der Waals surface area contributed by atoms with Crippen LogP contribution in [0.3, 0.4) is 0 Å². The van der Waals surface area contributed by atoms with E-state index in [4.69, 9.17) is 11.6 Å². The van der Waals surface area contributed by atoms with Gasteiger partial charge in [-0.25, -0.2) is 8.42 Å². The normalized spacial score (nSPS) is 11.5. The van der Waals surface area contributed by atoms with Crippen molar-refractivity contribution in [3.8, 4) is 0 Å². The van der Waals surface area contributed by atoms with Crippen LogP contribution in [-0.2, 0) is 16.6 Å². The summed E-state index contributed by atoms with van der Waals surface area (Å²) in [6, 6.07) is 21.9.